The molecule has 3 heterocycles. The largest absolute Gasteiger partial charge is 0.345 e. The van der Waals surface area contributed by atoms with Gasteiger partial charge < -0.3 is 4.90 Å². The van der Waals surface area contributed by atoms with Crippen LogP contribution in [0.15, 0.2) is 23.1 Å². The van der Waals surface area contributed by atoms with Crippen LogP contribution in [0, 0.1) is 5.41 Å². The number of hydrogen-bond donors (Lipinski definition) is 0. The van der Waals surface area contributed by atoms with Gasteiger partial charge in [0.1, 0.15) is 15.9 Å². The summed E-state index contributed by atoms with van der Waals surface area (Å²) in [6.45, 7) is 1.67. The molecule has 2 aliphatic heterocycles. The molecule has 9 heteroatoms. The zero-order chi connectivity index (χ0) is 18.5. The van der Waals surface area contributed by atoms with Gasteiger partial charge in [0.25, 0.3) is 0 Å². The summed E-state index contributed by atoms with van der Waals surface area (Å²) in [4.78, 5) is 15.2. The molecule has 1 spiro atoms. The molecule has 0 atom stereocenters. The fraction of sp³-hybridized carbons (Fsp3) is 0.588. The van der Waals surface area contributed by atoms with Crippen molar-refractivity contribution >= 4 is 27.0 Å². The summed E-state index contributed by atoms with van der Waals surface area (Å²) in [5, 5.41) is 8.43. The zero-order valence-electron chi connectivity index (χ0n) is 15.1. The van der Waals surface area contributed by atoms with Crippen molar-refractivity contribution in [1.82, 2.24) is 24.2 Å². The Bertz CT molecular complexity index is 960. The SMILES string of the molecule is CN1CC2(CCC1=O)CCN(S(=O)(=O)c1cccc3nn(C)nc13)CC2. The second-order valence-electron chi connectivity index (χ2n) is 7.47. The summed E-state index contributed by atoms with van der Waals surface area (Å²) in [6.07, 6.45) is 2.96. The highest BCUT2D eigenvalue weighted by atomic mass is 32.2. The highest BCUT2D eigenvalue weighted by molar-refractivity contribution is 7.89. The third-order valence-electron chi connectivity index (χ3n) is 5.74. The maximum Gasteiger partial charge on any atom is 0.245 e. The minimum Gasteiger partial charge on any atom is -0.345 e. The molecule has 1 aromatic carbocycles. The van der Waals surface area contributed by atoms with Gasteiger partial charge in [0.15, 0.2) is 0 Å². The van der Waals surface area contributed by atoms with Gasteiger partial charge in [-0.1, -0.05) is 6.07 Å². The van der Waals surface area contributed by atoms with Crippen LogP contribution < -0.4 is 0 Å². The summed E-state index contributed by atoms with van der Waals surface area (Å²) in [5.41, 5.74) is 1.04. The van der Waals surface area contributed by atoms with Crippen molar-refractivity contribution in [2.45, 2.75) is 30.6 Å². The van der Waals surface area contributed by atoms with E-state index in [4.69, 9.17) is 0 Å². The molecule has 2 saturated heterocycles. The molecule has 1 amide bonds. The van der Waals surface area contributed by atoms with E-state index in [2.05, 4.69) is 10.2 Å². The van der Waals surface area contributed by atoms with Gasteiger partial charge in [-0.15, -0.1) is 0 Å². The molecule has 1 aromatic heterocycles. The molecule has 140 valence electrons. The standard InChI is InChI=1S/C17H23N5O3S/c1-20-12-17(7-6-15(20)23)8-10-22(11-9-17)26(24,25)14-5-3-4-13-16(14)19-21(2)18-13/h3-5H,6-12H2,1-2H3. The number of aromatic nitrogens is 3. The second-order valence-corrected chi connectivity index (χ2v) is 9.37. The van der Waals surface area contributed by atoms with E-state index in [1.165, 1.54) is 4.80 Å². The summed E-state index contributed by atoms with van der Waals surface area (Å²) >= 11 is 0. The van der Waals surface area contributed by atoms with Crippen molar-refractivity contribution in [3.05, 3.63) is 18.2 Å². The Morgan fingerprint density at radius 1 is 1.08 bits per heavy atom. The quantitative estimate of drug-likeness (QED) is 0.779. The first kappa shape index (κ1) is 17.4. The van der Waals surface area contributed by atoms with Crippen LogP contribution in [0.3, 0.4) is 0 Å². The smallest absolute Gasteiger partial charge is 0.245 e. The first-order valence-electron chi connectivity index (χ1n) is 8.85. The lowest BCUT2D eigenvalue weighted by Gasteiger charge is -2.46. The van der Waals surface area contributed by atoms with Crippen LogP contribution in [-0.2, 0) is 21.9 Å². The molecule has 8 nitrogen and oxygen atoms in total. The zero-order valence-corrected chi connectivity index (χ0v) is 15.9. The number of sulfonamides is 1. The lowest BCUT2D eigenvalue weighted by molar-refractivity contribution is -0.136. The van der Waals surface area contributed by atoms with E-state index in [0.717, 1.165) is 25.8 Å². The maximum absolute atomic E-state index is 13.2. The maximum atomic E-state index is 13.2. The van der Waals surface area contributed by atoms with Crippen molar-refractivity contribution in [3.63, 3.8) is 0 Å². The average Bonchev–Trinajstić information content (AvgIpc) is 2.99. The Morgan fingerprint density at radius 3 is 2.50 bits per heavy atom. The van der Waals surface area contributed by atoms with Crippen LogP contribution in [0.4, 0.5) is 0 Å². The van der Waals surface area contributed by atoms with Gasteiger partial charge in [-0.25, -0.2) is 8.42 Å². The van der Waals surface area contributed by atoms with Crippen LogP contribution in [0.25, 0.3) is 11.0 Å². The molecule has 0 radical (unpaired) electrons. The Hall–Kier alpha value is -2.00. The van der Waals surface area contributed by atoms with Gasteiger partial charge in [-0.3, -0.25) is 4.79 Å². The van der Waals surface area contributed by atoms with Crippen LogP contribution in [-0.4, -0.2) is 65.2 Å². The molecule has 0 bridgehead atoms. The van der Waals surface area contributed by atoms with Gasteiger partial charge in [-0.2, -0.15) is 19.3 Å². The molecule has 26 heavy (non-hydrogen) atoms. The Kier molecular flexibility index (Phi) is 4.03. The van der Waals surface area contributed by atoms with Crippen molar-refractivity contribution in [2.24, 2.45) is 12.5 Å². The highest BCUT2D eigenvalue weighted by Gasteiger charge is 2.42. The summed E-state index contributed by atoms with van der Waals surface area (Å²) in [6, 6.07) is 5.07. The fourth-order valence-corrected chi connectivity index (χ4v) is 5.79. The molecule has 2 fully saturated rings. The topological polar surface area (TPSA) is 88.4 Å². The molecule has 4 rings (SSSR count). The number of aryl methyl sites for hydroxylation is 1. The van der Waals surface area contributed by atoms with E-state index in [1.54, 1.807) is 34.5 Å². The molecular weight excluding hydrogens is 354 g/mol. The third kappa shape index (κ3) is 2.79. The van der Waals surface area contributed by atoms with Crippen LogP contribution in [0.2, 0.25) is 0 Å². The lowest BCUT2D eigenvalue weighted by Crippen LogP contribution is -2.51. The first-order valence-corrected chi connectivity index (χ1v) is 10.3. The third-order valence-corrected chi connectivity index (χ3v) is 7.67. The number of likely N-dealkylation sites (tertiary alicyclic amines) is 1. The van der Waals surface area contributed by atoms with E-state index in [1.807, 2.05) is 7.05 Å². The average molecular weight is 377 g/mol. The molecule has 2 aromatic rings. The normalized spacial score (nSPS) is 21.6. The molecule has 0 saturated carbocycles. The number of nitrogens with zero attached hydrogens (tertiary/aromatic N) is 5. The number of hydrogen-bond acceptors (Lipinski definition) is 5. The van der Waals surface area contributed by atoms with Crippen LogP contribution in [0.5, 0.6) is 0 Å². The minimum absolute atomic E-state index is 0.0489. The number of amides is 1. The fourth-order valence-electron chi connectivity index (χ4n) is 4.20. The number of rotatable bonds is 2. The Morgan fingerprint density at radius 2 is 1.81 bits per heavy atom. The lowest BCUT2D eigenvalue weighted by atomic mass is 9.73. The van der Waals surface area contributed by atoms with Crippen LogP contribution >= 0.6 is 0 Å². The number of fused-ring (bicyclic) bond motifs is 1. The van der Waals surface area contributed by atoms with Crippen molar-refractivity contribution in [2.75, 3.05) is 26.7 Å². The van der Waals surface area contributed by atoms with E-state index in [0.29, 0.717) is 30.5 Å². The van der Waals surface area contributed by atoms with Gasteiger partial charge in [0, 0.05) is 40.2 Å². The van der Waals surface area contributed by atoms with Gasteiger partial charge in [0.2, 0.25) is 15.9 Å². The minimum atomic E-state index is -3.62. The number of benzene rings is 1. The second kappa shape index (κ2) is 6.02. The van der Waals surface area contributed by atoms with E-state index in [-0.39, 0.29) is 16.2 Å². The van der Waals surface area contributed by atoms with E-state index < -0.39 is 10.0 Å². The predicted molar refractivity (Wildman–Crippen MR) is 95.8 cm³/mol. The van der Waals surface area contributed by atoms with Crippen molar-refractivity contribution in [1.29, 1.82) is 0 Å². The molecule has 0 N–H and O–H groups in total. The molecule has 0 unspecified atom stereocenters. The van der Waals surface area contributed by atoms with Crippen molar-refractivity contribution < 1.29 is 13.2 Å². The monoisotopic (exact) mass is 377 g/mol. The molecular formula is C17H23N5O3S. The number of carbonyl (C=O) groups is 1. The van der Waals surface area contributed by atoms with Crippen LogP contribution in [0.1, 0.15) is 25.7 Å². The molecule has 0 aliphatic carbocycles. The molecule has 2 aliphatic rings. The Balaban J connectivity index is 1.58. The predicted octanol–water partition coefficient (Wildman–Crippen LogP) is 0.991. The van der Waals surface area contributed by atoms with Gasteiger partial charge in [-0.05, 0) is 36.8 Å². The van der Waals surface area contributed by atoms with Crippen molar-refractivity contribution in [3.8, 4) is 0 Å². The number of piperidine rings is 2. The van der Waals surface area contributed by atoms with E-state index >= 15 is 0 Å². The highest BCUT2D eigenvalue weighted by Crippen LogP contribution is 2.41. The summed E-state index contributed by atoms with van der Waals surface area (Å²) in [5.74, 6) is 0.181. The summed E-state index contributed by atoms with van der Waals surface area (Å²) in [7, 11) is -0.101. The first-order chi connectivity index (χ1) is 12.3. The van der Waals surface area contributed by atoms with Gasteiger partial charge in [0.05, 0.1) is 0 Å². The van der Waals surface area contributed by atoms with Gasteiger partial charge >= 0.3 is 0 Å². The van der Waals surface area contributed by atoms with E-state index in [9.17, 15) is 13.2 Å². The Labute approximate surface area is 152 Å². The number of carbonyl (C=O) groups excluding carboxylic acids is 1. The summed E-state index contributed by atoms with van der Waals surface area (Å²) < 4.78 is 27.9.